The second-order valence-electron chi connectivity index (χ2n) is 7.25. The van der Waals surface area contributed by atoms with Crippen molar-refractivity contribution in [1.82, 2.24) is 15.1 Å². The highest BCUT2D eigenvalue weighted by molar-refractivity contribution is 5.47. The van der Waals surface area contributed by atoms with Crippen LogP contribution in [0.4, 0.5) is 5.69 Å². The van der Waals surface area contributed by atoms with E-state index in [1.165, 1.54) is 73.5 Å². The third kappa shape index (κ3) is 3.34. The Labute approximate surface area is 144 Å². The molecule has 1 aliphatic carbocycles. The molecule has 0 saturated carbocycles. The van der Waals surface area contributed by atoms with Crippen LogP contribution in [0.15, 0.2) is 24.3 Å². The molecule has 1 N–H and O–H groups in total. The van der Waals surface area contributed by atoms with Gasteiger partial charge in [-0.1, -0.05) is 17.7 Å². The van der Waals surface area contributed by atoms with Gasteiger partial charge in [0, 0.05) is 37.6 Å². The van der Waals surface area contributed by atoms with Gasteiger partial charge in [-0.15, -0.1) is 0 Å². The molecule has 128 valence electrons. The lowest BCUT2D eigenvalue weighted by Crippen LogP contribution is -2.46. The monoisotopic (exact) mass is 324 g/mol. The molecule has 1 aliphatic heterocycles. The number of aromatic nitrogens is 2. The van der Waals surface area contributed by atoms with Crippen molar-refractivity contribution in [3.63, 3.8) is 0 Å². The molecular formula is C20H28N4. The van der Waals surface area contributed by atoms with Crippen LogP contribution in [0.3, 0.4) is 0 Å². The van der Waals surface area contributed by atoms with Gasteiger partial charge in [0.25, 0.3) is 0 Å². The Bertz CT molecular complexity index is 665. The lowest BCUT2D eigenvalue weighted by atomic mass is 10.1. The summed E-state index contributed by atoms with van der Waals surface area (Å²) in [4.78, 5) is 5.12. The first-order valence-corrected chi connectivity index (χ1v) is 9.38. The Hall–Kier alpha value is -1.81. The van der Waals surface area contributed by atoms with Crippen molar-refractivity contribution < 1.29 is 0 Å². The van der Waals surface area contributed by atoms with Gasteiger partial charge in [-0.3, -0.25) is 10.00 Å². The fourth-order valence-electron chi connectivity index (χ4n) is 4.05. The van der Waals surface area contributed by atoms with Crippen LogP contribution in [0.2, 0.25) is 0 Å². The molecule has 4 heteroatoms. The quantitative estimate of drug-likeness (QED) is 0.918. The van der Waals surface area contributed by atoms with Crippen LogP contribution in [0.5, 0.6) is 0 Å². The summed E-state index contributed by atoms with van der Waals surface area (Å²) in [7, 11) is 0. The number of hydrogen-bond acceptors (Lipinski definition) is 3. The van der Waals surface area contributed by atoms with Crippen LogP contribution in [0.25, 0.3) is 0 Å². The summed E-state index contributed by atoms with van der Waals surface area (Å²) in [5, 5.41) is 7.74. The van der Waals surface area contributed by atoms with Crippen LogP contribution in [-0.2, 0) is 19.3 Å². The Morgan fingerprint density at radius 2 is 1.83 bits per heavy atom. The summed E-state index contributed by atoms with van der Waals surface area (Å²) >= 11 is 0. The molecule has 0 radical (unpaired) electrons. The SMILES string of the molecule is Cc1ccc(N2CCN(CCCc3[nH]nc4c3CCC4)CC2)cc1. The van der Waals surface area contributed by atoms with E-state index in [1.54, 1.807) is 0 Å². The predicted octanol–water partition coefficient (Wildman–Crippen LogP) is 2.96. The van der Waals surface area contributed by atoms with E-state index in [2.05, 4.69) is 51.2 Å². The highest BCUT2D eigenvalue weighted by Crippen LogP contribution is 2.23. The van der Waals surface area contributed by atoms with Crippen LogP contribution in [0, 0.1) is 6.92 Å². The van der Waals surface area contributed by atoms with Gasteiger partial charge in [0.15, 0.2) is 0 Å². The van der Waals surface area contributed by atoms with Crippen molar-refractivity contribution in [3.05, 3.63) is 46.8 Å². The number of hydrogen-bond donors (Lipinski definition) is 1. The van der Waals surface area contributed by atoms with Gasteiger partial charge in [-0.25, -0.2) is 0 Å². The summed E-state index contributed by atoms with van der Waals surface area (Å²) in [6.07, 6.45) is 6.09. The fourth-order valence-corrected chi connectivity index (χ4v) is 4.05. The molecule has 1 aromatic carbocycles. The molecule has 0 bridgehead atoms. The van der Waals surface area contributed by atoms with E-state index in [0.29, 0.717) is 0 Å². The lowest BCUT2D eigenvalue weighted by molar-refractivity contribution is 0.255. The van der Waals surface area contributed by atoms with Gasteiger partial charge in [0.1, 0.15) is 0 Å². The van der Waals surface area contributed by atoms with Gasteiger partial charge in [0.05, 0.1) is 5.69 Å². The van der Waals surface area contributed by atoms with Crippen LogP contribution in [0.1, 0.15) is 35.4 Å². The van der Waals surface area contributed by atoms with E-state index >= 15 is 0 Å². The minimum Gasteiger partial charge on any atom is -0.369 e. The number of nitrogens with zero attached hydrogens (tertiary/aromatic N) is 3. The molecule has 0 spiro atoms. The third-order valence-electron chi connectivity index (χ3n) is 5.55. The van der Waals surface area contributed by atoms with Crippen molar-refractivity contribution in [2.45, 2.75) is 39.0 Å². The maximum Gasteiger partial charge on any atom is 0.0657 e. The smallest absolute Gasteiger partial charge is 0.0657 e. The normalized spacial score (nSPS) is 18.1. The van der Waals surface area contributed by atoms with Gasteiger partial charge in [-0.05, 0) is 63.3 Å². The number of piperazine rings is 1. The molecule has 4 rings (SSSR count). The maximum absolute atomic E-state index is 4.47. The molecule has 0 unspecified atom stereocenters. The van der Waals surface area contributed by atoms with Crippen molar-refractivity contribution in [1.29, 1.82) is 0 Å². The van der Waals surface area contributed by atoms with E-state index in [0.717, 1.165) is 19.5 Å². The molecule has 0 atom stereocenters. The van der Waals surface area contributed by atoms with Crippen LogP contribution >= 0.6 is 0 Å². The van der Waals surface area contributed by atoms with Gasteiger partial charge in [0.2, 0.25) is 0 Å². The number of nitrogens with one attached hydrogen (secondary N) is 1. The molecular weight excluding hydrogens is 296 g/mol. The van der Waals surface area contributed by atoms with E-state index < -0.39 is 0 Å². The summed E-state index contributed by atoms with van der Waals surface area (Å²) in [5.74, 6) is 0. The zero-order valence-corrected chi connectivity index (χ0v) is 14.7. The van der Waals surface area contributed by atoms with E-state index in [-0.39, 0.29) is 0 Å². The molecule has 2 aliphatic rings. The van der Waals surface area contributed by atoms with E-state index in [9.17, 15) is 0 Å². The van der Waals surface area contributed by atoms with Gasteiger partial charge >= 0.3 is 0 Å². The highest BCUT2D eigenvalue weighted by atomic mass is 15.3. The second kappa shape index (κ2) is 6.98. The first-order valence-electron chi connectivity index (χ1n) is 9.38. The van der Waals surface area contributed by atoms with Crippen molar-refractivity contribution in [3.8, 4) is 0 Å². The number of anilines is 1. The molecule has 1 saturated heterocycles. The maximum atomic E-state index is 4.47. The lowest BCUT2D eigenvalue weighted by Gasteiger charge is -2.36. The van der Waals surface area contributed by atoms with Crippen molar-refractivity contribution in [2.24, 2.45) is 0 Å². The summed E-state index contributed by atoms with van der Waals surface area (Å²) in [6, 6.07) is 8.93. The Morgan fingerprint density at radius 1 is 1.04 bits per heavy atom. The van der Waals surface area contributed by atoms with Gasteiger partial charge < -0.3 is 4.90 Å². The number of H-pyrrole nitrogens is 1. The topological polar surface area (TPSA) is 35.2 Å². The van der Waals surface area contributed by atoms with Crippen molar-refractivity contribution >= 4 is 5.69 Å². The molecule has 1 fully saturated rings. The van der Waals surface area contributed by atoms with Crippen LogP contribution < -0.4 is 4.90 Å². The first-order chi connectivity index (χ1) is 11.8. The molecule has 2 heterocycles. The minimum atomic E-state index is 1.14. The number of aromatic amines is 1. The fraction of sp³-hybridized carbons (Fsp3) is 0.550. The summed E-state index contributed by atoms with van der Waals surface area (Å²) in [5.41, 5.74) is 6.97. The Morgan fingerprint density at radius 3 is 2.62 bits per heavy atom. The number of rotatable bonds is 5. The third-order valence-corrected chi connectivity index (χ3v) is 5.55. The average Bonchev–Trinajstić information content (AvgIpc) is 3.21. The average molecular weight is 324 g/mol. The summed E-state index contributed by atoms with van der Waals surface area (Å²) in [6.45, 7) is 7.99. The molecule has 2 aromatic rings. The second-order valence-corrected chi connectivity index (χ2v) is 7.25. The molecule has 24 heavy (non-hydrogen) atoms. The Kier molecular flexibility index (Phi) is 4.56. The minimum absolute atomic E-state index is 1.14. The predicted molar refractivity (Wildman–Crippen MR) is 98.8 cm³/mol. The number of aryl methyl sites for hydroxylation is 3. The molecule has 1 aromatic heterocycles. The zero-order chi connectivity index (χ0) is 16.4. The Balaban J connectivity index is 1.22. The molecule has 0 amide bonds. The van der Waals surface area contributed by atoms with Crippen LogP contribution in [-0.4, -0.2) is 47.8 Å². The number of fused-ring (bicyclic) bond motifs is 1. The largest absolute Gasteiger partial charge is 0.369 e. The standard InChI is InChI=1S/C20H28N4/c1-16-7-9-17(10-8-16)24-14-12-23(13-15-24)11-3-6-20-18-4-2-5-19(18)21-22-20/h7-10H,2-6,11-15H2,1H3,(H,21,22). The molecule has 4 nitrogen and oxygen atoms in total. The summed E-state index contributed by atoms with van der Waals surface area (Å²) < 4.78 is 0. The van der Waals surface area contributed by atoms with E-state index in [1.807, 2.05) is 0 Å². The van der Waals surface area contributed by atoms with E-state index in [4.69, 9.17) is 0 Å². The highest BCUT2D eigenvalue weighted by Gasteiger charge is 2.19. The first kappa shape index (κ1) is 15.7. The number of benzene rings is 1. The van der Waals surface area contributed by atoms with Crippen molar-refractivity contribution in [2.75, 3.05) is 37.6 Å². The zero-order valence-electron chi connectivity index (χ0n) is 14.7. The van der Waals surface area contributed by atoms with Gasteiger partial charge in [-0.2, -0.15) is 5.10 Å².